The third-order valence-electron chi connectivity index (χ3n) is 1.70. The van der Waals surface area contributed by atoms with E-state index in [1.165, 1.54) is 6.07 Å². The van der Waals surface area contributed by atoms with Crippen LogP contribution in [0.1, 0.15) is 34.6 Å². The minimum atomic E-state index is -0.688. The molecule has 1 rings (SSSR count). The molecule has 0 aliphatic carbocycles. The molecular weight excluding hydrogens is 199 g/mol. The van der Waals surface area contributed by atoms with Crippen LogP contribution in [0.2, 0.25) is 0 Å². The van der Waals surface area contributed by atoms with E-state index in [9.17, 15) is 14.0 Å². The van der Waals surface area contributed by atoms with Gasteiger partial charge in [0.15, 0.2) is 6.29 Å². The zero-order chi connectivity index (χ0) is 11.4. The van der Waals surface area contributed by atoms with Gasteiger partial charge in [-0.2, -0.15) is 0 Å². The summed E-state index contributed by atoms with van der Waals surface area (Å²) >= 11 is 0. The molecule has 0 saturated heterocycles. The number of benzene rings is 1. The summed E-state index contributed by atoms with van der Waals surface area (Å²) in [6.45, 7) is 3.36. The Bertz CT molecular complexity index is 385. The number of hydrogen-bond acceptors (Lipinski definition) is 3. The summed E-state index contributed by atoms with van der Waals surface area (Å²) in [6, 6.07) is 3.36. The Labute approximate surface area is 86.9 Å². The van der Waals surface area contributed by atoms with E-state index in [1.807, 2.05) is 0 Å². The van der Waals surface area contributed by atoms with Crippen molar-refractivity contribution in [1.29, 1.82) is 0 Å². The van der Waals surface area contributed by atoms with Crippen molar-refractivity contribution in [1.82, 2.24) is 0 Å². The van der Waals surface area contributed by atoms with Gasteiger partial charge >= 0.3 is 5.97 Å². The van der Waals surface area contributed by atoms with Crippen LogP contribution in [-0.2, 0) is 4.74 Å². The first-order valence-electron chi connectivity index (χ1n) is 4.50. The maximum absolute atomic E-state index is 12.9. The first-order chi connectivity index (χ1) is 7.04. The van der Waals surface area contributed by atoms with Gasteiger partial charge in [-0.15, -0.1) is 0 Å². The SMILES string of the molecule is CC(C)OC(=O)c1cc(F)ccc1C=O. The van der Waals surface area contributed by atoms with Crippen molar-refractivity contribution in [2.24, 2.45) is 0 Å². The number of ether oxygens (including phenoxy) is 1. The summed E-state index contributed by atoms with van der Waals surface area (Å²) < 4.78 is 17.7. The van der Waals surface area contributed by atoms with E-state index >= 15 is 0 Å². The average molecular weight is 210 g/mol. The average Bonchev–Trinajstić information content (AvgIpc) is 2.16. The molecule has 0 amide bonds. The van der Waals surface area contributed by atoms with Crippen molar-refractivity contribution >= 4 is 12.3 Å². The Morgan fingerprint density at radius 1 is 1.47 bits per heavy atom. The molecule has 0 bridgehead atoms. The van der Waals surface area contributed by atoms with Gasteiger partial charge in [0.1, 0.15) is 5.82 Å². The van der Waals surface area contributed by atoms with Crippen LogP contribution in [0.3, 0.4) is 0 Å². The summed E-state index contributed by atoms with van der Waals surface area (Å²) in [7, 11) is 0. The van der Waals surface area contributed by atoms with Crippen molar-refractivity contribution in [2.75, 3.05) is 0 Å². The lowest BCUT2D eigenvalue weighted by Crippen LogP contribution is -2.13. The predicted octanol–water partition coefficient (Wildman–Crippen LogP) is 2.20. The number of esters is 1. The normalized spacial score (nSPS) is 10.1. The van der Waals surface area contributed by atoms with Crippen molar-refractivity contribution in [3.63, 3.8) is 0 Å². The van der Waals surface area contributed by atoms with Crippen LogP contribution in [0.5, 0.6) is 0 Å². The number of halogens is 1. The standard InChI is InChI=1S/C11H11FO3/c1-7(2)15-11(14)10-5-9(12)4-3-8(10)6-13/h3-7H,1-2H3. The second-order valence-corrected chi connectivity index (χ2v) is 3.30. The summed E-state index contributed by atoms with van der Waals surface area (Å²) in [5.74, 6) is -1.26. The van der Waals surface area contributed by atoms with Crippen LogP contribution < -0.4 is 0 Å². The highest BCUT2D eigenvalue weighted by Gasteiger charge is 2.14. The molecule has 0 saturated carbocycles. The highest BCUT2D eigenvalue weighted by atomic mass is 19.1. The van der Waals surface area contributed by atoms with Crippen LogP contribution >= 0.6 is 0 Å². The molecule has 4 heteroatoms. The Hall–Kier alpha value is -1.71. The molecule has 0 radical (unpaired) electrons. The van der Waals surface area contributed by atoms with Crippen LogP contribution in [0.25, 0.3) is 0 Å². The topological polar surface area (TPSA) is 43.4 Å². The molecule has 0 unspecified atom stereocenters. The molecule has 3 nitrogen and oxygen atoms in total. The summed E-state index contributed by atoms with van der Waals surface area (Å²) in [4.78, 5) is 22.0. The molecule has 15 heavy (non-hydrogen) atoms. The van der Waals surface area contributed by atoms with Crippen LogP contribution in [0, 0.1) is 5.82 Å². The second kappa shape index (κ2) is 4.68. The summed E-state index contributed by atoms with van der Waals surface area (Å²) in [5, 5.41) is 0. The lowest BCUT2D eigenvalue weighted by Gasteiger charge is -2.09. The molecule has 0 aromatic heterocycles. The lowest BCUT2D eigenvalue weighted by molar-refractivity contribution is 0.0375. The summed E-state index contributed by atoms with van der Waals surface area (Å²) in [5.41, 5.74) is 0.0840. The molecule has 0 N–H and O–H groups in total. The van der Waals surface area contributed by atoms with E-state index in [-0.39, 0.29) is 17.2 Å². The Morgan fingerprint density at radius 2 is 2.13 bits per heavy atom. The predicted molar refractivity (Wildman–Crippen MR) is 52.3 cm³/mol. The third kappa shape index (κ3) is 2.87. The van der Waals surface area contributed by atoms with Crippen LogP contribution in [0.4, 0.5) is 4.39 Å². The second-order valence-electron chi connectivity index (χ2n) is 3.30. The van der Waals surface area contributed by atoms with Crippen molar-refractivity contribution in [3.05, 3.63) is 35.1 Å². The van der Waals surface area contributed by atoms with Crippen LogP contribution in [0.15, 0.2) is 18.2 Å². The molecule has 0 heterocycles. The molecule has 1 aromatic rings. The lowest BCUT2D eigenvalue weighted by atomic mass is 10.1. The van der Waals surface area contributed by atoms with E-state index in [1.54, 1.807) is 13.8 Å². The fourth-order valence-electron chi connectivity index (χ4n) is 1.09. The van der Waals surface area contributed by atoms with Gasteiger partial charge in [-0.3, -0.25) is 4.79 Å². The Balaban J connectivity index is 3.05. The molecule has 80 valence electrons. The zero-order valence-corrected chi connectivity index (χ0v) is 8.49. The first-order valence-corrected chi connectivity index (χ1v) is 4.50. The van der Waals surface area contributed by atoms with Crippen molar-refractivity contribution < 1.29 is 18.7 Å². The van der Waals surface area contributed by atoms with Gasteiger partial charge in [-0.25, -0.2) is 9.18 Å². The Kier molecular flexibility index (Phi) is 3.55. The summed E-state index contributed by atoms with van der Waals surface area (Å²) in [6.07, 6.45) is 0.191. The fraction of sp³-hybridized carbons (Fsp3) is 0.273. The molecule has 0 spiro atoms. The first kappa shape index (κ1) is 11.4. The highest BCUT2D eigenvalue weighted by Crippen LogP contribution is 2.11. The third-order valence-corrected chi connectivity index (χ3v) is 1.70. The number of aldehydes is 1. The number of carbonyl (C=O) groups is 2. The number of hydrogen-bond donors (Lipinski definition) is 0. The number of rotatable bonds is 3. The van der Waals surface area contributed by atoms with Gasteiger partial charge in [-0.05, 0) is 32.0 Å². The van der Waals surface area contributed by atoms with Crippen molar-refractivity contribution in [2.45, 2.75) is 20.0 Å². The van der Waals surface area contributed by atoms with Crippen LogP contribution in [-0.4, -0.2) is 18.4 Å². The quantitative estimate of drug-likeness (QED) is 0.567. The van der Waals surface area contributed by atoms with Gasteiger partial charge in [0.05, 0.1) is 11.7 Å². The van der Waals surface area contributed by atoms with E-state index in [4.69, 9.17) is 4.74 Å². The smallest absolute Gasteiger partial charge is 0.339 e. The number of carbonyl (C=O) groups excluding carboxylic acids is 2. The van der Waals surface area contributed by atoms with Gasteiger partial charge in [0.2, 0.25) is 0 Å². The molecule has 0 fully saturated rings. The van der Waals surface area contributed by atoms with Gasteiger partial charge in [0.25, 0.3) is 0 Å². The van der Waals surface area contributed by atoms with Gasteiger partial charge in [0, 0.05) is 5.56 Å². The zero-order valence-electron chi connectivity index (χ0n) is 8.49. The maximum Gasteiger partial charge on any atom is 0.339 e. The molecular formula is C11H11FO3. The largest absolute Gasteiger partial charge is 0.459 e. The molecule has 0 aliphatic heterocycles. The Morgan fingerprint density at radius 3 is 2.67 bits per heavy atom. The monoisotopic (exact) mass is 210 g/mol. The van der Waals surface area contributed by atoms with Gasteiger partial charge in [-0.1, -0.05) is 0 Å². The van der Waals surface area contributed by atoms with E-state index in [2.05, 4.69) is 0 Å². The highest BCUT2D eigenvalue weighted by molar-refractivity contribution is 5.98. The molecule has 1 aromatic carbocycles. The van der Waals surface area contributed by atoms with E-state index < -0.39 is 11.8 Å². The van der Waals surface area contributed by atoms with E-state index in [0.717, 1.165) is 12.1 Å². The minimum Gasteiger partial charge on any atom is -0.459 e. The fourth-order valence-corrected chi connectivity index (χ4v) is 1.09. The maximum atomic E-state index is 12.9. The van der Waals surface area contributed by atoms with Gasteiger partial charge < -0.3 is 4.74 Å². The molecule has 0 aliphatic rings. The van der Waals surface area contributed by atoms with E-state index in [0.29, 0.717) is 6.29 Å². The molecule has 0 atom stereocenters. The van der Waals surface area contributed by atoms with Crippen molar-refractivity contribution in [3.8, 4) is 0 Å². The minimum absolute atomic E-state index is 0.0429.